The SMILES string of the molecule is C=C(C)C(=O)OC1C2CC3(C(=O)OI(OC(=O)C45CC6SC4C(OC5=O)C6OC(=O)C(=C)C)c4ccccc4)C(=O)OC1C3S2. The Bertz CT molecular complexity index is 1490. The van der Waals surface area contributed by atoms with Gasteiger partial charge in [0.25, 0.3) is 0 Å². The Hall–Kier alpha value is -3.05. The molecule has 10 unspecified atom stereocenters. The zero-order valence-electron chi connectivity index (χ0n) is 23.9. The summed E-state index contributed by atoms with van der Waals surface area (Å²) in [6.45, 7) is 10.2. The average molecular weight is 771 g/mol. The molecule has 1 aromatic rings. The number of carbonyl (C=O) groups is 6. The van der Waals surface area contributed by atoms with Crippen LogP contribution in [0.25, 0.3) is 0 Å². The van der Waals surface area contributed by atoms with Crippen LogP contribution < -0.4 is 0 Å². The molecule has 4 bridgehead atoms. The molecule has 0 saturated carbocycles. The molecule has 0 aliphatic carbocycles. The van der Waals surface area contributed by atoms with E-state index in [0.717, 1.165) is 0 Å². The molecular formula is C30H27IO12S2. The second-order valence-electron chi connectivity index (χ2n) is 11.8. The van der Waals surface area contributed by atoms with E-state index in [0.29, 0.717) is 3.57 Å². The summed E-state index contributed by atoms with van der Waals surface area (Å²) in [5, 5.41) is -2.07. The third kappa shape index (κ3) is 4.39. The van der Waals surface area contributed by atoms with Crippen LogP contribution in [0.2, 0.25) is 0 Å². The van der Waals surface area contributed by atoms with Crippen molar-refractivity contribution in [1.82, 2.24) is 0 Å². The number of halogens is 1. The Balaban J connectivity index is 1.11. The standard InChI is InChI=1S/C30H27IO12S2/c1-12(2)23(32)38-17-15-10-29(21(44-15)19(17)40-25(29)34)27(36)42-31(14-8-6-5-7-9-14)43-28(37)30-11-16-18(39-24(33)13(3)4)20(22(30)45-16)41-26(30)35/h5-9,15-22H,1,3,10-11H2,2,4H3. The minimum absolute atomic E-state index is 0.0278. The van der Waals surface area contributed by atoms with Crippen LogP contribution in [0.4, 0.5) is 0 Å². The number of ether oxygens (including phenoxy) is 4. The van der Waals surface area contributed by atoms with E-state index in [1.165, 1.54) is 37.4 Å². The van der Waals surface area contributed by atoms with Crippen LogP contribution in [0.5, 0.6) is 0 Å². The summed E-state index contributed by atoms with van der Waals surface area (Å²) in [6, 6.07) is 8.43. The van der Waals surface area contributed by atoms with Crippen LogP contribution in [0.15, 0.2) is 54.6 Å². The average Bonchev–Trinajstić information content (AvgIpc) is 3.80. The molecule has 12 nitrogen and oxygen atoms in total. The number of benzene rings is 1. The Labute approximate surface area is 273 Å². The molecule has 7 rings (SSSR count). The van der Waals surface area contributed by atoms with Crippen LogP contribution in [-0.4, -0.2) is 81.2 Å². The van der Waals surface area contributed by atoms with Gasteiger partial charge in [0.15, 0.2) is 0 Å². The third-order valence-electron chi connectivity index (χ3n) is 8.96. The Kier molecular flexibility index (Phi) is 7.31. The Morgan fingerprint density at radius 2 is 1.20 bits per heavy atom. The van der Waals surface area contributed by atoms with E-state index in [2.05, 4.69) is 13.2 Å². The van der Waals surface area contributed by atoms with Gasteiger partial charge in [0.2, 0.25) is 0 Å². The van der Waals surface area contributed by atoms with Gasteiger partial charge >= 0.3 is 275 Å². The molecule has 238 valence electrons. The number of fused-ring (bicyclic) bond motifs is 2. The molecule has 0 N–H and O–H groups in total. The van der Waals surface area contributed by atoms with Crippen molar-refractivity contribution >= 4 is 80.0 Å². The summed E-state index contributed by atoms with van der Waals surface area (Å²) >= 11 is -0.999. The second kappa shape index (κ2) is 10.8. The van der Waals surface area contributed by atoms with Crippen molar-refractivity contribution in [3.8, 4) is 0 Å². The normalized spacial score (nSPS) is 37.9. The molecule has 6 aliphatic heterocycles. The van der Waals surface area contributed by atoms with E-state index in [9.17, 15) is 28.8 Å². The van der Waals surface area contributed by atoms with E-state index in [-0.39, 0.29) is 34.5 Å². The molecule has 10 atom stereocenters. The summed E-state index contributed by atoms with van der Waals surface area (Å²) in [6.07, 6.45) is -3.07. The van der Waals surface area contributed by atoms with E-state index >= 15 is 0 Å². The molecule has 6 heterocycles. The van der Waals surface area contributed by atoms with Gasteiger partial charge in [0, 0.05) is 0 Å². The fourth-order valence-electron chi connectivity index (χ4n) is 6.74. The predicted molar refractivity (Wildman–Crippen MR) is 165 cm³/mol. The van der Waals surface area contributed by atoms with Gasteiger partial charge in [0.1, 0.15) is 0 Å². The second-order valence-corrected chi connectivity index (χ2v) is 18.0. The van der Waals surface area contributed by atoms with Crippen molar-refractivity contribution in [3.63, 3.8) is 0 Å². The van der Waals surface area contributed by atoms with Crippen molar-refractivity contribution in [3.05, 3.63) is 58.2 Å². The molecule has 6 fully saturated rings. The summed E-state index contributed by atoms with van der Waals surface area (Å²) in [5.41, 5.74) is -2.90. The van der Waals surface area contributed by atoms with Crippen molar-refractivity contribution in [1.29, 1.82) is 0 Å². The number of carbonyl (C=O) groups excluding carboxylic acids is 6. The first-order chi connectivity index (χ1) is 21.4. The molecule has 0 aromatic heterocycles. The summed E-state index contributed by atoms with van der Waals surface area (Å²) in [7, 11) is 0. The van der Waals surface area contributed by atoms with Crippen molar-refractivity contribution < 1.29 is 53.8 Å². The van der Waals surface area contributed by atoms with Gasteiger partial charge in [-0.2, -0.15) is 0 Å². The van der Waals surface area contributed by atoms with E-state index in [1.54, 1.807) is 30.3 Å². The van der Waals surface area contributed by atoms with Crippen molar-refractivity contribution in [2.45, 2.75) is 72.1 Å². The molecule has 1 aromatic carbocycles. The predicted octanol–water partition coefficient (Wildman–Crippen LogP) is 2.85. The zero-order chi connectivity index (χ0) is 32.0. The molecule has 15 heteroatoms. The number of hydrogen-bond acceptors (Lipinski definition) is 14. The molecule has 6 aliphatic rings. The Morgan fingerprint density at radius 1 is 0.778 bits per heavy atom. The van der Waals surface area contributed by atoms with E-state index in [1.807, 2.05) is 0 Å². The fourth-order valence-corrected chi connectivity index (χ4v) is 13.8. The van der Waals surface area contributed by atoms with Crippen LogP contribution >= 0.6 is 44.2 Å². The maximum absolute atomic E-state index is 13.9. The van der Waals surface area contributed by atoms with Crippen LogP contribution in [0.1, 0.15) is 26.7 Å². The van der Waals surface area contributed by atoms with Crippen LogP contribution in [-0.2, 0) is 53.8 Å². The number of hydrogen-bond donors (Lipinski definition) is 0. The van der Waals surface area contributed by atoms with Gasteiger partial charge in [-0.05, 0) is 0 Å². The number of rotatable bonds is 9. The summed E-state index contributed by atoms with van der Waals surface area (Å²) in [4.78, 5) is 78.8. The molecule has 6 saturated heterocycles. The molecular weight excluding hydrogens is 743 g/mol. The summed E-state index contributed by atoms with van der Waals surface area (Å²) < 4.78 is 34.6. The minimum atomic E-state index is -3.67. The topological polar surface area (TPSA) is 158 Å². The van der Waals surface area contributed by atoms with Gasteiger partial charge < -0.3 is 0 Å². The summed E-state index contributed by atoms with van der Waals surface area (Å²) in [5.74, 6) is -4.52. The molecule has 0 amide bonds. The molecule has 0 spiro atoms. The van der Waals surface area contributed by atoms with E-state index < -0.39 is 102 Å². The van der Waals surface area contributed by atoms with Crippen LogP contribution in [0.3, 0.4) is 0 Å². The van der Waals surface area contributed by atoms with Gasteiger partial charge in [-0.15, -0.1) is 0 Å². The van der Waals surface area contributed by atoms with Crippen molar-refractivity contribution in [2.75, 3.05) is 0 Å². The monoisotopic (exact) mass is 770 g/mol. The zero-order valence-corrected chi connectivity index (χ0v) is 27.7. The number of esters is 4. The molecule has 0 radical (unpaired) electrons. The van der Waals surface area contributed by atoms with Crippen LogP contribution in [0, 0.1) is 14.4 Å². The van der Waals surface area contributed by atoms with Gasteiger partial charge in [-0.3, -0.25) is 0 Å². The number of thioether (sulfide) groups is 2. The first kappa shape index (κ1) is 30.6. The third-order valence-corrected chi connectivity index (χ3v) is 15.8. The maximum atomic E-state index is 13.9. The first-order valence-corrected chi connectivity index (χ1v) is 18.8. The van der Waals surface area contributed by atoms with Gasteiger partial charge in [-0.1, -0.05) is 0 Å². The Morgan fingerprint density at radius 3 is 1.60 bits per heavy atom. The van der Waals surface area contributed by atoms with Gasteiger partial charge in [0.05, 0.1) is 0 Å². The fraction of sp³-hybridized carbons (Fsp3) is 0.467. The van der Waals surface area contributed by atoms with Crippen molar-refractivity contribution in [2.24, 2.45) is 10.8 Å². The van der Waals surface area contributed by atoms with E-state index in [4.69, 9.17) is 25.1 Å². The molecule has 45 heavy (non-hydrogen) atoms. The first-order valence-electron chi connectivity index (χ1n) is 14.1. The quantitative estimate of drug-likeness (QED) is 0.119. The van der Waals surface area contributed by atoms with Gasteiger partial charge in [-0.25, -0.2) is 0 Å².